The zero-order chi connectivity index (χ0) is 27.7. The molecular weight excluding hydrogens is 532 g/mol. The van der Waals surface area contributed by atoms with E-state index in [0.717, 1.165) is 22.5 Å². The van der Waals surface area contributed by atoms with Gasteiger partial charge in [-0.15, -0.1) is 23.2 Å². The quantitative estimate of drug-likeness (QED) is 0.229. The molecule has 3 rings (SSSR count). The first-order valence-electron chi connectivity index (χ1n) is 12.6. The smallest absolute Gasteiger partial charge is 0.328 e. The van der Waals surface area contributed by atoms with Gasteiger partial charge >= 0.3 is 5.97 Å². The average Bonchev–Trinajstić information content (AvgIpc) is 3.22. The molecule has 3 N–H and O–H groups in total. The number of amides is 1. The predicted octanol–water partition coefficient (Wildman–Crippen LogP) is 3.55. The fraction of sp³-hybridized carbons (Fsp3) is 0.444. The summed E-state index contributed by atoms with van der Waals surface area (Å²) < 4.78 is 20.4. The van der Waals surface area contributed by atoms with Gasteiger partial charge in [-0.25, -0.2) is 14.2 Å². The van der Waals surface area contributed by atoms with Gasteiger partial charge in [0.15, 0.2) is 0 Å². The number of imidazole rings is 1. The van der Waals surface area contributed by atoms with E-state index in [9.17, 15) is 14.0 Å². The summed E-state index contributed by atoms with van der Waals surface area (Å²) >= 11 is 11.9. The van der Waals surface area contributed by atoms with Crippen molar-refractivity contribution in [2.75, 3.05) is 36.4 Å². The summed E-state index contributed by atoms with van der Waals surface area (Å²) in [6.45, 7) is 3.22. The van der Waals surface area contributed by atoms with Gasteiger partial charge in [-0.05, 0) is 49.2 Å². The Morgan fingerprint density at radius 2 is 1.84 bits per heavy atom. The van der Waals surface area contributed by atoms with Crippen molar-refractivity contribution in [2.24, 2.45) is 12.8 Å². The van der Waals surface area contributed by atoms with Gasteiger partial charge in [-0.3, -0.25) is 4.79 Å². The molecule has 1 heterocycles. The monoisotopic (exact) mass is 565 g/mol. The molecule has 8 nitrogen and oxygen atoms in total. The molecule has 0 spiro atoms. The Kier molecular flexibility index (Phi) is 11.2. The molecule has 0 fully saturated rings. The Bertz CT molecular complexity index is 1220. The summed E-state index contributed by atoms with van der Waals surface area (Å²) in [6.07, 6.45) is 0.950. The van der Waals surface area contributed by atoms with Crippen LogP contribution in [-0.4, -0.2) is 65.0 Å². The topological polar surface area (TPSA) is 102 Å². The van der Waals surface area contributed by atoms with Crippen molar-refractivity contribution >= 4 is 51.8 Å². The fourth-order valence-corrected chi connectivity index (χ4v) is 4.63. The SMILES string of the molecule is CCOC(=O)C(Cc1ccc(F)cc1)NC(=O)C(N)CCc1nc2cc(N(CCCl)CCCl)ccc2n1C. The third-order valence-electron chi connectivity index (χ3n) is 6.29. The van der Waals surface area contributed by atoms with Crippen LogP contribution in [0.3, 0.4) is 0 Å². The summed E-state index contributed by atoms with van der Waals surface area (Å²) in [5, 5.41) is 2.70. The Morgan fingerprint density at radius 1 is 1.16 bits per heavy atom. The molecule has 2 aromatic carbocycles. The maximum absolute atomic E-state index is 13.3. The lowest BCUT2D eigenvalue weighted by Gasteiger charge is -2.22. The first-order valence-corrected chi connectivity index (χ1v) is 13.6. The minimum Gasteiger partial charge on any atom is -0.464 e. The Morgan fingerprint density at radius 3 is 2.47 bits per heavy atom. The maximum atomic E-state index is 13.3. The maximum Gasteiger partial charge on any atom is 0.328 e. The van der Waals surface area contributed by atoms with E-state index in [1.807, 2.05) is 29.8 Å². The number of aromatic nitrogens is 2. The van der Waals surface area contributed by atoms with Crippen molar-refractivity contribution in [3.63, 3.8) is 0 Å². The van der Waals surface area contributed by atoms with Gasteiger partial charge in [0.05, 0.1) is 23.7 Å². The number of benzene rings is 2. The summed E-state index contributed by atoms with van der Waals surface area (Å²) in [7, 11) is 1.92. The number of rotatable bonds is 14. The number of aryl methyl sites for hydroxylation is 2. The number of hydrogen-bond donors (Lipinski definition) is 2. The number of esters is 1. The van der Waals surface area contributed by atoms with Gasteiger partial charge in [0, 0.05) is 50.4 Å². The van der Waals surface area contributed by atoms with Crippen LogP contribution in [0.2, 0.25) is 0 Å². The number of anilines is 1. The van der Waals surface area contributed by atoms with Crippen LogP contribution >= 0.6 is 23.2 Å². The van der Waals surface area contributed by atoms with Crippen molar-refractivity contribution in [2.45, 2.75) is 38.3 Å². The summed E-state index contributed by atoms with van der Waals surface area (Å²) in [4.78, 5) is 32.2. The third-order valence-corrected chi connectivity index (χ3v) is 6.63. The Hall–Kier alpha value is -2.88. The number of halogens is 3. The van der Waals surface area contributed by atoms with E-state index < -0.39 is 24.0 Å². The standard InChI is InChI=1S/C27H34Cl2FN5O3/c1-3-38-27(37)23(16-18-4-6-19(30)7-5-18)33-26(36)21(31)9-11-25-32-22-17-20(8-10-24(22)34(25)2)35(14-12-28)15-13-29/h4-8,10,17,21,23H,3,9,11-16,31H2,1-2H3,(H,33,36). The first-order chi connectivity index (χ1) is 18.3. The Balaban J connectivity index is 1.66. The number of carbonyl (C=O) groups is 2. The second-order valence-electron chi connectivity index (χ2n) is 8.91. The molecule has 38 heavy (non-hydrogen) atoms. The molecule has 0 aliphatic heterocycles. The number of ether oxygens (including phenoxy) is 1. The third kappa shape index (κ3) is 7.82. The molecule has 0 saturated heterocycles. The van der Waals surface area contributed by atoms with Gasteiger partial charge in [0.1, 0.15) is 17.7 Å². The number of carbonyl (C=O) groups excluding carboxylic acids is 2. The summed E-state index contributed by atoms with van der Waals surface area (Å²) in [6, 6.07) is 9.96. The van der Waals surface area contributed by atoms with E-state index in [0.29, 0.717) is 43.3 Å². The van der Waals surface area contributed by atoms with E-state index in [2.05, 4.69) is 10.2 Å². The molecule has 0 saturated carbocycles. The summed E-state index contributed by atoms with van der Waals surface area (Å²) in [5.41, 5.74) is 9.66. The van der Waals surface area contributed by atoms with Crippen LogP contribution in [0.25, 0.3) is 11.0 Å². The molecule has 3 aromatic rings. The molecule has 1 aromatic heterocycles. The first kappa shape index (κ1) is 29.7. The average molecular weight is 567 g/mol. The van der Waals surface area contributed by atoms with Crippen molar-refractivity contribution in [3.8, 4) is 0 Å². The zero-order valence-corrected chi connectivity index (χ0v) is 23.1. The van der Waals surface area contributed by atoms with E-state index in [1.165, 1.54) is 12.1 Å². The molecule has 11 heteroatoms. The molecule has 2 atom stereocenters. The molecule has 0 aliphatic carbocycles. The van der Waals surface area contributed by atoms with Gasteiger partial charge in [-0.1, -0.05) is 12.1 Å². The number of fused-ring (bicyclic) bond motifs is 1. The van der Waals surface area contributed by atoms with Crippen LogP contribution in [-0.2, 0) is 34.2 Å². The van der Waals surface area contributed by atoms with Gasteiger partial charge in [-0.2, -0.15) is 0 Å². The van der Waals surface area contributed by atoms with E-state index in [4.69, 9.17) is 38.7 Å². The van der Waals surface area contributed by atoms with Crippen LogP contribution in [0, 0.1) is 5.82 Å². The van der Waals surface area contributed by atoms with E-state index in [1.54, 1.807) is 19.1 Å². The molecular formula is C27H34Cl2FN5O3. The lowest BCUT2D eigenvalue weighted by Crippen LogP contribution is -2.50. The Labute approximate surface area is 232 Å². The van der Waals surface area contributed by atoms with Crippen LogP contribution in [0.1, 0.15) is 24.7 Å². The van der Waals surface area contributed by atoms with E-state index in [-0.39, 0.29) is 18.8 Å². The van der Waals surface area contributed by atoms with Crippen molar-refractivity contribution in [1.82, 2.24) is 14.9 Å². The molecule has 0 radical (unpaired) electrons. The number of alkyl halides is 2. The minimum atomic E-state index is -0.933. The number of nitrogens with one attached hydrogen (secondary N) is 1. The van der Waals surface area contributed by atoms with Crippen LogP contribution in [0.15, 0.2) is 42.5 Å². The van der Waals surface area contributed by atoms with Crippen LogP contribution in [0.4, 0.5) is 10.1 Å². The van der Waals surface area contributed by atoms with Gasteiger partial charge in [0.2, 0.25) is 5.91 Å². The van der Waals surface area contributed by atoms with Crippen LogP contribution < -0.4 is 16.0 Å². The van der Waals surface area contributed by atoms with E-state index >= 15 is 0 Å². The lowest BCUT2D eigenvalue weighted by molar-refractivity contribution is -0.147. The highest BCUT2D eigenvalue weighted by atomic mass is 35.5. The van der Waals surface area contributed by atoms with Gasteiger partial charge in [0.25, 0.3) is 0 Å². The zero-order valence-electron chi connectivity index (χ0n) is 21.6. The second kappa shape index (κ2) is 14.3. The highest BCUT2D eigenvalue weighted by molar-refractivity contribution is 6.18. The molecule has 0 aliphatic rings. The normalized spacial score (nSPS) is 12.8. The van der Waals surface area contributed by atoms with Crippen molar-refractivity contribution < 1.29 is 18.7 Å². The largest absolute Gasteiger partial charge is 0.464 e. The van der Waals surface area contributed by atoms with Crippen LogP contribution in [0.5, 0.6) is 0 Å². The highest BCUT2D eigenvalue weighted by Crippen LogP contribution is 2.23. The molecule has 0 bridgehead atoms. The lowest BCUT2D eigenvalue weighted by atomic mass is 10.0. The molecule has 2 unspecified atom stereocenters. The molecule has 1 amide bonds. The van der Waals surface area contributed by atoms with Crippen molar-refractivity contribution in [1.29, 1.82) is 0 Å². The highest BCUT2D eigenvalue weighted by Gasteiger charge is 2.25. The minimum absolute atomic E-state index is 0.162. The van der Waals surface area contributed by atoms with Gasteiger partial charge < -0.3 is 25.3 Å². The second-order valence-corrected chi connectivity index (χ2v) is 9.67. The fourth-order valence-electron chi connectivity index (χ4n) is 4.22. The number of nitrogens with zero attached hydrogens (tertiary/aromatic N) is 3. The molecule has 206 valence electrons. The summed E-state index contributed by atoms with van der Waals surface area (Å²) in [5.74, 6) is 0.348. The predicted molar refractivity (Wildman–Crippen MR) is 149 cm³/mol. The number of hydrogen-bond acceptors (Lipinski definition) is 6. The van der Waals surface area contributed by atoms with Crippen molar-refractivity contribution in [3.05, 3.63) is 59.7 Å². The number of nitrogens with two attached hydrogens (primary N) is 1.